The van der Waals surface area contributed by atoms with E-state index in [0.717, 1.165) is 12.3 Å². The average molecular weight is 333 g/mol. The maximum atomic E-state index is 2.62. The molecule has 0 saturated heterocycles. The van der Waals surface area contributed by atoms with Gasteiger partial charge in [-0.15, -0.1) is 0 Å². The summed E-state index contributed by atoms with van der Waals surface area (Å²) in [6.07, 6.45) is 24.7. The van der Waals surface area contributed by atoms with Gasteiger partial charge in [-0.2, -0.15) is 0 Å². The molecule has 4 aliphatic rings. The van der Waals surface area contributed by atoms with Crippen LogP contribution in [-0.2, 0) is 0 Å². The van der Waals surface area contributed by atoms with Crippen molar-refractivity contribution in [3.8, 4) is 0 Å². The van der Waals surface area contributed by atoms with Crippen molar-refractivity contribution in [2.75, 3.05) is 0 Å². The third kappa shape index (κ3) is 3.05. The quantitative estimate of drug-likeness (QED) is 0.513. The second-order valence-electron chi connectivity index (χ2n) is 9.23. The highest BCUT2D eigenvalue weighted by molar-refractivity contribution is 5.52. The van der Waals surface area contributed by atoms with E-state index in [4.69, 9.17) is 0 Å². The Balaban J connectivity index is 1.76. The van der Waals surface area contributed by atoms with Crippen molar-refractivity contribution in [3.05, 3.63) is 70.9 Å². The predicted octanol–water partition coefficient (Wildman–Crippen LogP) is 6.95. The van der Waals surface area contributed by atoms with Crippen LogP contribution in [0.25, 0.3) is 0 Å². The van der Waals surface area contributed by atoms with E-state index in [1.54, 1.807) is 5.57 Å². The van der Waals surface area contributed by atoms with E-state index in [2.05, 4.69) is 76.3 Å². The van der Waals surface area contributed by atoms with Crippen LogP contribution in [0.1, 0.15) is 53.4 Å². The van der Waals surface area contributed by atoms with Crippen LogP contribution in [0.3, 0.4) is 0 Å². The lowest BCUT2D eigenvalue weighted by Gasteiger charge is -2.35. The van der Waals surface area contributed by atoms with Crippen LogP contribution >= 0.6 is 0 Å². The molecule has 0 aromatic rings. The molecule has 3 unspecified atom stereocenters. The molecule has 132 valence electrons. The zero-order valence-electron chi connectivity index (χ0n) is 16.3. The zero-order chi connectivity index (χ0) is 17.6. The largest absolute Gasteiger partial charge is 0.0836 e. The number of hydrogen-bond donors (Lipinski definition) is 0. The summed E-state index contributed by atoms with van der Waals surface area (Å²) in [4.78, 5) is 0. The van der Waals surface area contributed by atoms with Crippen LogP contribution in [0.2, 0.25) is 0 Å². The minimum absolute atomic E-state index is 0.225. The lowest BCUT2D eigenvalue weighted by atomic mass is 9.70. The van der Waals surface area contributed by atoms with Gasteiger partial charge in [0.15, 0.2) is 0 Å². The molecule has 0 bridgehead atoms. The highest BCUT2D eigenvalue weighted by Crippen LogP contribution is 2.54. The Bertz CT molecular complexity index is 726. The van der Waals surface area contributed by atoms with Gasteiger partial charge in [0.1, 0.15) is 0 Å². The normalized spacial score (nSPS) is 33.9. The van der Waals surface area contributed by atoms with Crippen molar-refractivity contribution in [1.29, 1.82) is 0 Å². The zero-order valence-corrected chi connectivity index (χ0v) is 16.3. The summed E-state index contributed by atoms with van der Waals surface area (Å²) >= 11 is 0. The fraction of sp³-hybridized carbons (Fsp3) is 0.520. The van der Waals surface area contributed by atoms with E-state index in [1.165, 1.54) is 36.0 Å². The van der Waals surface area contributed by atoms with Gasteiger partial charge in [-0.05, 0) is 71.5 Å². The molecule has 0 N–H and O–H groups in total. The molecule has 0 nitrogen and oxygen atoms in total. The summed E-state index contributed by atoms with van der Waals surface area (Å²) in [7, 11) is 0. The van der Waals surface area contributed by atoms with E-state index in [9.17, 15) is 0 Å². The molecule has 0 radical (unpaired) electrons. The summed E-state index contributed by atoms with van der Waals surface area (Å²) in [6, 6.07) is 0. The minimum atomic E-state index is 0.225. The topological polar surface area (TPSA) is 0 Å². The Labute approximate surface area is 153 Å². The predicted molar refractivity (Wildman–Crippen MR) is 108 cm³/mol. The van der Waals surface area contributed by atoms with Crippen molar-refractivity contribution < 1.29 is 0 Å². The fourth-order valence-corrected chi connectivity index (χ4v) is 5.13. The molecule has 1 saturated carbocycles. The van der Waals surface area contributed by atoms with E-state index in [-0.39, 0.29) is 5.41 Å². The van der Waals surface area contributed by atoms with Crippen LogP contribution in [0.4, 0.5) is 0 Å². The molecule has 4 rings (SSSR count). The Morgan fingerprint density at radius 1 is 1.04 bits per heavy atom. The second kappa shape index (κ2) is 6.31. The number of rotatable bonds is 2. The number of fused-ring (bicyclic) bond motifs is 3. The van der Waals surface area contributed by atoms with Crippen molar-refractivity contribution in [2.24, 2.45) is 29.1 Å². The first-order valence-electron chi connectivity index (χ1n) is 10.2. The lowest BCUT2D eigenvalue weighted by molar-refractivity contribution is 0.425. The Kier molecular flexibility index (Phi) is 4.26. The van der Waals surface area contributed by atoms with Crippen molar-refractivity contribution in [3.63, 3.8) is 0 Å². The molecule has 0 amide bonds. The molecule has 0 aromatic heterocycles. The van der Waals surface area contributed by atoms with Crippen LogP contribution in [0.5, 0.6) is 0 Å². The van der Waals surface area contributed by atoms with Gasteiger partial charge in [-0.25, -0.2) is 0 Å². The second-order valence-corrected chi connectivity index (χ2v) is 9.23. The number of hydrogen-bond acceptors (Lipinski definition) is 0. The van der Waals surface area contributed by atoms with Gasteiger partial charge in [-0.1, -0.05) is 81.9 Å². The highest BCUT2D eigenvalue weighted by Gasteiger charge is 2.45. The van der Waals surface area contributed by atoms with Crippen molar-refractivity contribution in [1.82, 2.24) is 0 Å². The van der Waals surface area contributed by atoms with Crippen LogP contribution < -0.4 is 0 Å². The third-order valence-corrected chi connectivity index (χ3v) is 6.54. The maximum Gasteiger partial charge on any atom is -0.00240 e. The molecule has 4 atom stereocenters. The van der Waals surface area contributed by atoms with E-state index >= 15 is 0 Å². The molecule has 0 spiro atoms. The molecule has 0 aliphatic heterocycles. The first-order chi connectivity index (χ1) is 12.0. The molecule has 25 heavy (non-hydrogen) atoms. The van der Waals surface area contributed by atoms with Crippen molar-refractivity contribution in [2.45, 2.75) is 53.4 Å². The monoisotopic (exact) mass is 332 g/mol. The van der Waals surface area contributed by atoms with E-state index in [1.807, 2.05) is 0 Å². The molecule has 1 fully saturated rings. The van der Waals surface area contributed by atoms with Gasteiger partial charge in [-0.3, -0.25) is 0 Å². The SMILES string of the molecule is CCC1=C[C@@H]2CC3C=C(C(C)(C)C)C=C(C4=CCCC=C4)C3C2C=C1. The first-order valence-corrected chi connectivity index (χ1v) is 10.2. The molecule has 0 aromatic carbocycles. The first kappa shape index (κ1) is 16.9. The third-order valence-electron chi connectivity index (χ3n) is 6.54. The standard InChI is InChI=1S/C25H32/c1-5-17-11-12-22-19(13-17)14-20-15-21(25(2,3)4)16-23(24(20)22)18-9-7-6-8-10-18/h7,9-13,15-16,19-20,22,24H,5-6,8,14H2,1-4H3/t19-,20?,22?,24?/m1/s1. The van der Waals surface area contributed by atoms with Gasteiger partial charge in [0.25, 0.3) is 0 Å². The van der Waals surface area contributed by atoms with Gasteiger partial charge in [0.2, 0.25) is 0 Å². The molecule has 0 heterocycles. The van der Waals surface area contributed by atoms with Gasteiger partial charge in [0.05, 0.1) is 0 Å². The maximum absolute atomic E-state index is 2.62. The van der Waals surface area contributed by atoms with Crippen LogP contribution in [-0.4, -0.2) is 0 Å². The number of allylic oxidation sites excluding steroid dienone is 12. The van der Waals surface area contributed by atoms with E-state index < -0.39 is 0 Å². The Morgan fingerprint density at radius 3 is 2.56 bits per heavy atom. The minimum Gasteiger partial charge on any atom is -0.0836 e. The fourth-order valence-electron chi connectivity index (χ4n) is 5.13. The van der Waals surface area contributed by atoms with E-state index in [0.29, 0.717) is 17.8 Å². The summed E-state index contributed by atoms with van der Waals surface area (Å²) in [5.74, 6) is 2.76. The van der Waals surface area contributed by atoms with Gasteiger partial charge < -0.3 is 0 Å². The molecule has 4 aliphatic carbocycles. The Hall–Kier alpha value is -1.56. The smallest absolute Gasteiger partial charge is 0.00240 e. The van der Waals surface area contributed by atoms with Crippen molar-refractivity contribution >= 4 is 0 Å². The summed E-state index contributed by atoms with van der Waals surface area (Å²) in [6.45, 7) is 9.35. The van der Waals surface area contributed by atoms with Gasteiger partial charge in [0, 0.05) is 0 Å². The van der Waals surface area contributed by atoms with Gasteiger partial charge >= 0.3 is 0 Å². The lowest BCUT2D eigenvalue weighted by Crippen LogP contribution is -2.24. The average Bonchev–Trinajstić information content (AvgIpc) is 2.98. The highest BCUT2D eigenvalue weighted by atomic mass is 14.5. The van der Waals surface area contributed by atoms with Crippen LogP contribution in [0, 0.1) is 29.1 Å². The molecular weight excluding hydrogens is 300 g/mol. The Morgan fingerprint density at radius 2 is 1.88 bits per heavy atom. The molecule has 0 heteroatoms. The summed E-state index contributed by atoms with van der Waals surface area (Å²) < 4.78 is 0. The summed E-state index contributed by atoms with van der Waals surface area (Å²) in [5.41, 5.74) is 6.39. The van der Waals surface area contributed by atoms with Crippen LogP contribution in [0.15, 0.2) is 70.9 Å². The molecular formula is C25H32. The summed E-state index contributed by atoms with van der Waals surface area (Å²) in [5, 5.41) is 0.